The number of rotatable bonds is 2. The van der Waals surface area contributed by atoms with Gasteiger partial charge in [0.2, 0.25) is 0 Å². The molecule has 0 fully saturated rings. The van der Waals surface area contributed by atoms with Crippen molar-refractivity contribution in [1.29, 1.82) is 0 Å². The topological polar surface area (TPSA) is 52.3 Å². The zero-order chi connectivity index (χ0) is 10.7. The van der Waals surface area contributed by atoms with Crippen LogP contribution in [0.1, 0.15) is 16.7 Å². The van der Waals surface area contributed by atoms with E-state index in [0.29, 0.717) is 0 Å². The summed E-state index contributed by atoms with van der Waals surface area (Å²) in [6.07, 6.45) is 0.286. The van der Waals surface area contributed by atoms with Crippen LogP contribution in [0.15, 0.2) is 12.1 Å². The van der Waals surface area contributed by atoms with E-state index in [1.807, 2.05) is 26.0 Å². The number of hydrogen-bond acceptors (Lipinski definition) is 3. The van der Waals surface area contributed by atoms with Gasteiger partial charge in [-0.3, -0.25) is 4.79 Å². The van der Waals surface area contributed by atoms with Crippen LogP contribution in [0.3, 0.4) is 0 Å². The highest BCUT2D eigenvalue weighted by Crippen LogP contribution is 2.19. The molecule has 0 radical (unpaired) electrons. The Bertz CT molecular complexity index is 359. The van der Waals surface area contributed by atoms with E-state index in [-0.39, 0.29) is 12.4 Å². The Morgan fingerprint density at radius 3 is 2.64 bits per heavy atom. The molecule has 14 heavy (non-hydrogen) atoms. The molecule has 0 saturated carbocycles. The monoisotopic (exact) mass is 193 g/mol. The van der Waals surface area contributed by atoms with Crippen LogP contribution in [0.2, 0.25) is 0 Å². The molecule has 76 valence electrons. The number of anilines is 1. The number of nitrogens with two attached hydrogens (primary N) is 1. The Morgan fingerprint density at radius 1 is 1.43 bits per heavy atom. The molecule has 0 unspecified atom stereocenters. The molecule has 0 heterocycles. The molecule has 0 aliphatic carbocycles. The number of carbonyl (C=O) groups is 1. The van der Waals surface area contributed by atoms with Crippen molar-refractivity contribution in [1.82, 2.24) is 0 Å². The third-order valence-electron chi connectivity index (χ3n) is 2.26. The minimum Gasteiger partial charge on any atom is -0.469 e. The molecule has 0 saturated heterocycles. The summed E-state index contributed by atoms with van der Waals surface area (Å²) in [6, 6.07) is 3.86. The molecular formula is C11H15NO2. The van der Waals surface area contributed by atoms with E-state index in [4.69, 9.17) is 5.73 Å². The fourth-order valence-corrected chi connectivity index (χ4v) is 1.37. The lowest BCUT2D eigenvalue weighted by atomic mass is 10.0. The van der Waals surface area contributed by atoms with Crippen molar-refractivity contribution in [3.05, 3.63) is 28.8 Å². The Morgan fingerprint density at radius 2 is 2.07 bits per heavy atom. The summed E-state index contributed by atoms with van der Waals surface area (Å²) < 4.78 is 4.61. The lowest BCUT2D eigenvalue weighted by Crippen LogP contribution is -2.07. The average molecular weight is 193 g/mol. The molecule has 1 rings (SSSR count). The minimum absolute atomic E-state index is 0.238. The smallest absolute Gasteiger partial charge is 0.309 e. The maximum atomic E-state index is 11.1. The van der Waals surface area contributed by atoms with Gasteiger partial charge in [0.15, 0.2) is 0 Å². The van der Waals surface area contributed by atoms with Gasteiger partial charge in [-0.2, -0.15) is 0 Å². The number of aryl methyl sites for hydroxylation is 1. The molecule has 3 nitrogen and oxygen atoms in total. The van der Waals surface area contributed by atoms with E-state index in [1.165, 1.54) is 7.11 Å². The largest absolute Gasteiger partial charge is 0.469 e. The van der Waals surface area contributed by atoms with Crippen LogP contribution in [-0.2, 0) is 16.0 Å². The highest BCUT2D eigenvalue weighted by Gasteiger charge is 2.08. The molecular weight excluding hydrogens is 178 g/mol. The van der Waals surface area contributed by atoms with E-state index in [0.717, 1.165) is 22.4 Å². The quantitative estimate of drug-likeness (QED) is 0.573. The van der Waals surface area contributed by atoms with Crippen molar-refractivity contribution in [2.24, 2.45) is 0 Å². The molecule has 3 heteroatoms. The Kier molecular flexibility index (Phi) is 3.12. The van der Waals surface area contributed by atoms with Gasteiger partial charge in [0, 0.05) is 5.69 Å². The van der Waals surface area contributed by atoms with E-state index in [2.05, 4.69) is 4.74 Å². The van der Waals surface area contributed by atoms with Crippen molar-refractivity contribution >= 4 is 11.7 Å². The van der Waals surface area contributed by atoms with Gasteiger partial charge in [-0.15, -0.1) is 0 Å². The lowest BCUT2D eigenvalue weighted by Gasteiger charge is -2.08. The second kappa shape index (κ2) is 4.13. The summed E-state index contributed by atoms with van der Waals surface area (Å²) in [5, 5.41) is 0. The van der Waals surface area contributed by atoms with Crippen LogP contribution < -0.4 is 5.73 Å². The van der Waals surface area contributed by atoms with Gasteiger partial charge in [0.25, 0.3) is 0 Å². The first-order valence-corrected chi connectivity index (χ1v) is 4.47. The van der Waals surface area contributed by atoms with Gasteiger partial charge in [0.1, 0.15) is 0 Å². The van der Waals surface area contributed by atoms with E-state index < -0.39 is 0 Å². The summed E-state index contributed by atoms with van der Waals surface area (Å²) in [6.45, 7) is 3.86. The number of carbonyl (C=O) groups excluding carboxylic acids is 1. The Labute approximate surface area is 83.9 Å². The van der Waals surface area contributed by atoms with Gasteiger partial charge in [-0.25, -0.2) is 0 Å². The number of hydrogen-bond donors (Lipinski definition) is 1. The molecule has 0 aliphatic heterocycles. The van der Waals surface area contributed by atoms with E-state index >= 15 is 0 Å². The number of benzene rings is 1. The molecule has 0 aromatic heterocycles. The van der Waals surface area contributed by atoms with Gasteiger partial charge < -0.3 is 10.5 Å². The minimum atomic E-state index is -0.238. The van der Waals surface area contributed by atoms with E-state index in [9.17, 15) is 4.79 Å². The van der Waals surface area contributed by atoms with Gasteiger partial charge >= 0.3 is 5.97 Å². The van der Waals surface area contributed by atoms with Gasteiger partial charge in [0.05, 0.1) is 13.5 Å². The normalized spacial score (nSPS) is 9.93. The molecule has 0 aliphatic rings. The van der Waals surface area contributed by atoms with Crippen LogP contribution in [0.4, 0.5) is 5.69 Å². The average Bonchev–Trinajstić information content (AvgIpc) is 2.13. The SMILES string of the molecule is COC(=O)Cc1cc(C)cc(N)c1C. The molecule has 2 N–H and O–H groups in total. The molecule has 1 aromatic rings. The van der Waals surface area contributed by atoms with Crippen LogP contribution in [-0.4, -0.2) is 13.1 Å². The predicted octanol–water partition coefficient (Wildman–Crippen LogP) is 1.60. The molecule has 0 bridgehead atoms. The van der Waals surface area contributed by atoms with Gasteiger partial charge in [-0.05, 0) is 36.6 Å². The highest BCUT2D eigenvalue weighted by molar-refractivity contribution is 5.74. The van der Waals surface area contributed by atoms with Crippen molar-refractivity contribution in [3.63, 3.8) is 0 Å². The summed E-state index contributed by atoms with van der Waals surface area (Å²) in [7, 11) is 1.39. The summed E-state index contributed by atoms with van der Waals surface area (Å²) in [5.74, 6) is -0.238. The maximum absolute atomic E-state index is 11.1. The van der Waals surface area contributed by atoms with E-state index in [1.54, 1.807) is 0 Å². The van der Waals surface area contributed by atoms with Crippen LogP contribution >= 0.6 is 0 Å². The first kappa shape index (κ1) is 10.6. The third kappa shape index (κ3) is 2.25. The van der Waals surface area contributed by atoms with Crippen molar-refractivity contribution < 1.29 is 9.53 Å². The Hall–Kier alpha value is -1.51. The van der Waals surface area contributed by atoms with Gasteiger partial charge in [-0.1, -0.05) is 6.07 Å². The lowest BCUT2D eigenvalue weighted by molar-refractivity contribution is -0.139. The third-order valence-corrected chi connectivity index (χ3v) is 2.26. The second-order valence-electron chi connectivity index (χ2n) is 3.39. The molecule has 1 aromatic carbocycles. The molecule has 0 spiro atoms. The Balaban J connectivity index is 3.02. The zero-order valence-corrected chi connectivity index (χ0v) is 8.76. The number of ether oxygens (including phenoxy) is 1. The first-order chi connectivity index (χ1) is 6.54. The highest BCUT2D eigenvalue weighted by atomic mass is 16.5. The fourth-order valence-electron chi connectivity index (χ4n) is 1.37. The zero-order valence-electron chi connectivity index (χ0n) is 8.76. The second-order valence-corrected chi connectivity index (χ2v) is 3.39. The summed E-state index contributed by atoms with van der Waals surface area (Å²) >= 11 is 0. The molecule has 0 amide bonds. The first-order valence-electron chi connectivity index (χ1n) is 4.47. The number of methoxy groups -OCH3 is 1. The number of nitrogen functional groups attached to an aromatic ring is 1. The van der Waals surface area contributed by atoms with Crippen molar-refractivity contribution in [2.75, 3.05) is 12.8 Å². The summed E-state index contributed by atoms with van der Waals surface area (Å²) in [4.78, 5) is 11.1. The van der Waals surface area contributed by atoms with Crippen LogP contribution in [0, 0.1) is 13.8 Å². The predicted molar refractivity (Wildman–Crippen MR) is 56.0 cm³/mol. The number of esters is 1. The fraction of sp³-hybridized carbons (Fsp3) is 0.364. The van der Waals surface area contributed by atoms with Crippen molar-refractivity contribution in [2.45, 2.75) is 20.3 Å². The van der Waals surface area contributed by atoms with Crippen LogP contribution in [0.5, 0.6) is 0 Å². The van der Waals surface area contributed by atoms with Crippen molar-refractivity contribution in [3.8, 4) is 0 Å². The maximum Gasteiger partial charge on any atom is 0.309 e. The standard InChI is InChI=1S/C11H15NO2/c1-7-4-9(6-11(13)14-3)8(2)10(12)5-7/h4-5H,6,12H2,1-3H3. The molecule has 0 atom stereocenters. The summed E-state index contributed by atoms with van der Waals surface area (Å²) in [5.41, 5.74) is 9.47. The van der Waals surface area contributed by atoms with Crippen LogP contribution in [0.25, 0.3) is 0 Å².